The van der Waals surface area contributed by atoms with E-state index >= 15 is 0 Å². The summed E-state index contributed by atoms with van der Waals surface area (Å²) >= 11 is 6.09. The van der Waals surface area contributed by atoms with Gasteiger partial charge in [0, 0.05) is 5.92 Å². The van der Waals surface area contributed by atoms with Gasteiger partial charge in [0.2, 0.25) is 0 Å². The fourth-order valence-corrected chi connectivity index (χ4v) is 2.80. The largest absolute Gasteiger partial charge is 0.492 e. The van der Waals surface area contributed by atoms with Gasteiger partial charge in [0.15, 0.2) is 0 Å². The second kappa shape index (κ2) is 7.58. The average Bonchev–Trinajstić information content (AvgIpc) is 2.83. The third kappa shape index (κ3) is 3.97. The Labute approximate surface area is 135 Å². The van der Waals surface area contributed by atoms with Crippen LogP contribution in [0.15, 0.2) is 28.4 Å². The van der Waals surface area contributed by atoms with Gasteiger partial charge in [0.05, 0.1) is 36.4 Å². The van der Waals surface area contributed by atoms with Crippen molar-refractivity contribution in [1.29, 1.82) is 0 Å². The van der Waals surface area contributed by atoms with Gasteiger partial charge in [-0.15, -0.1) is 0 Å². The van der Waals surface area contributed by atoms with Crippen molar-refractivity contribution in [1.82, 2.24) is 0 Å². The molecule has 22 heavy (non-hydrogen) atoms. The van der Waals surface area contributed by atoms with Crippen molar-refractivity contribution in [3.05, 3.63) is 28.8 Å². The summed E-state index contributed by atoms with van der Waals surface area (Å²) in [6.45, 7) is 4.73. The summed E-state index contributed by atoms with van der Waals surface area (Å²) in [7, 11) is 1.34. The lowest BCUT2D eigenvalue weighted by molar-refractivity contribution is 0.0600. The van der Waals surface area contributed by atoms with Crippen LogP contribution in [0.1, 0.15) is 37.0 Å². The van der Waals surface area contributed by atoms with E-state index in [-0.39, 0.29) is 12.1 Å². The smallest absolute Gasteiger partial charge is 0.337 e. The molecule has 1 aromatic rings. The van der Waals surface area contributed by atoms with Gasteiger partial charge in [0.1, 0.15) is 5.75 Å². The molecule has 1 aromatic carbocycles. The summed E-state index contributed by atoms with van der Waals surface area (Å²) in [5.74, 6) is 0.574. The van der Waals surface area contributed by atoms with E-state index in [9.17, 15) is 4.79 Å². The molecule has 0 bridgehead atoms. The summed E-state index contributed by atoms with van der Waals surface area (Å²) in [6, 6.07) is 5.43. The molecule has 0 saturated carbocycles. The fraction of sp³-hybridized carbons (Fsp3) is 0.562. The first-order valence-corrected chi connectivity index (χ1v) is 7.81. The van der Waals surface area contributed by atoms with E-state index in [1.807, 2.05) is 0 Å². The average molecular weight is 325 g/mol. The van der Waals surface area contributed by atoms with E-state index < -0.39 is 5.97 Å². The van der Waals surface area contributed by atoms with Crippen LogP contribution in [-0.4, -0.2) is 31.8 Å². The van der Waals surface area contributed by atoms with E-state index in [1.165, 1.54) is 7.11 Å². The predicted molar refractivity (Wildman–Crippen MR) is 84.8 cm³/mol. The standard InChI is InChI=1S/C16H21ClN2O3/c1-10-13(11(2)19-18-10)5-4-8-22-15-9-12(16(20)21-3)6-7-14(15)17/h6-7,9-11,13H,4-5,8H2,1-3H3. The highest BCUT2D eigenvalue weighted by atomic mass is 35.5. The van der Waals surface area contributed by atoms with Crippen LogP contribution in [0.25, 0.3) is 0 Å². The molecule has 0 radical (unpaired) electrons. The second-order valence-electron chi connectivity index (χ2n) is 5.50. The molecular weight excluding hydrogens is 304 g/mol. The molecule has 0 spiro atoms. The Hall–Kier alpha value is -1.62. The number of carbonyl (C=O) groups excluding carboxylic acids is 1. The molecule has 2 unspecified atom stereocenters. The van der Waals surface area contributed by atoms with Crippen LogP contribution < -0.4 is 4.74 Å². The summed E-state index contributed by atoms with van der Waals surface area (Å²) in [5, 5.41) is 8.89. The molecular formula is C16H21ClN2O3. The number of carbonyl (C=O) groups is 1. The summed E-state index contributed by atoms with van der Waals surface area (Å²) in [5.41, 5.74) is 0.428. The van der Waals surface area contributed by atoms with Crippen molar-refractivity contribution in [3.63, 3.8) is 0 Å². The first-order valence-electron chi connectivity index (χ1n) is 7.43. The minimum atomic E-state index is -0.404. The number of methoxy groups -OCH3 is 1. The zero-order chi connectivity index (χ0) is 16.1. The number of benzene rings is 1. The maximum Gasteiger partial charge on any atom is 0.337 e. The van der Waals surface area contributed by atoms with Crippen molar-refractivity contribution < 1.29 is 14.3 Å². The molecule has 0 fully saturated rings. The molecule has 120 valence electrons. The lowest BCUT2D eigenvalue weighted by atomic mass is 9.91. The van der Waals surface area contributed by atoms with Crippen LogP contribution in [0.2, 0.25) is 5.02 Å². The highest BCUT2D eigenvalue weighted by molar-refractivity contribution is 6.32. The van der Waals surface area contributed by atoms with Crippen molar-refractivity contribution >= 4 is 17.6 Å². The molecule has 2 atom stereocenters. The zero-order valence-corrected chi connectivity index (χ0v) is 13.8. The highest BCUT2D eigenvalue weighted by Gasteiger charge is 2.28. The molecule has 6 heteroatoms. The SMILES string of the molecule is COC(=O)c1ccc(Cl)c(OCCCC2C(C)N=NC2C)c1. The van der Waals surface area contributed by atoms with Crippen LogP contribution >= 0.6 is 11.6 Å². The number of rotatable bonds is 6. The quantitative estimate of drug-likeness (QED) is 0.583. The van der Waals surface area contributed by atoms with Crippen molar-refractivity contribution in [2.45, 2.75) is 38.8 Å². The Kier molecular flexibility index (Phi) is 5.77. The van der Waals surface area contributed by atoms with Crippen LogP contribution in [0.4, 0.5) is 0 Å². The molecule has 0 aliphatic carbocycles. The van der Waals surface area contributed by atoms with Crippen molar-refractivity contribution in [2.24, 2.45) is 16.1 Å². The number of ether oxygens (including phenoxy) is 2. The first kappa shape index (κ1) is 16.7. The van der Waals surface area contributed by atoms with Gasteiger partial charge in [-0.2, -0.15) is 10.2 Å². The molecule has 1 aliphatic heterocycles. The van der Waals surface area contributed by atoms with Gasteiger partial charge >= 0.3 is 5.97 Å². The van der Waals surface area contributed by atoms with Gasteiger partial charge in [-0.3, -0.25) is 0 Å². The lowest BCUT2D eigenvalue weighted by Gasteiger charge is -2.16. The van der Waals surface area contributed by atoms with E-state index in [4.69, 9.17) is 16.3 Å². The van der Waals surface area contributed by atoms with E-state index in [1.54, 1.807) is 18.2 Å². The number of hydrogen-bond donors (Lipinski definition) is 0. The Balaban J connectivity index is 1.85. The number of esters is 1. The van der Waals surface area contributed by atoms with Crippen LogP contribution in [0.5, 0.6) is 5.75 Å². The van der Waals surface area contributed by atoms with Gasteiger partial charge in [-0.1, -0.05) is 11.6 Å². The number of hydrogen-bond acceptors (Lipinski definition) is 5. The molecule has 0 saturated heterocycles. The highest BCUT2D eigenvalue weighted by Crippen LogP contribution is 2.29. The first-order chi connectivity index (χ1) is 10.5. The van der Waals surface area contributed by atoms with Crippen molar-refractivity contribution in [3.8, 4) is 5.75 Å². The predicted octanol–water partition coefficient (Wildman–Crippen LogP) is 4.14. The Bertz CT molecular complexity index is 550. The van der Waals surface area contributed by atoms with Crippen LogP contribution in [0, 0.1) is 5.92 Å². The fourth-order valence-electron chi connectivity index (χ4n) is 2.63. The zero-order valence-electron chi connectivity index (χ0n) is 13.1. The number of azo groups is 1. The Morgan fingerprint density at radius 1 is 1.27 bits per heavy atom. The summed E-state index contributed by atoms with van der Waals surface area (Å²) in [4.78, 5) is 11.5. The second-order valence-corrected chi connectivity index (χ2v) is 5.91. The Morgan fingerprint density at radius 2 is 1.95 bits per heavy atom. The topological polar surface area (TPSA) is 60.2 Å². The number of nitrogens with zero attached hydrogens (tertiary/aromatic N) is 2. The van der Waals surface area contributed by atoms with Crippen LogP contribution in [-0.2, 0) is 4.74 Å². The molecule has 2 rings (SSSR count). The molecule has 0 N–H and O–H groups in total. The third-order valence-electron chi connectivity index (χ3n) is 3.96. The van der Waals surface area contributed by atoms with Gasteiger partial charge in [-0.05, 0) is 44.9 Å². The van der Waals surface area contributed by atoms with Crippen molar-refractivity contribution in [2.75, 3.05) is 13.7 Å². The normalized spacial score (nSPS) is 23.5. The molecule has 1 aliphatic rings. The molecule has 0 aromatic heterocycles. The number of halogens is 1. The molecule has 5 nitrogen and oxygen atoms in total. The lowest BCUT2D eigenvalue weighted by Crippen LogP contribution is -2.20. The van der Waals surface area contributed by atoms with E-state index in [0.29, 0.717) is 28.9 Å². The monoisotopic (exact) mass is 324 g/mol. The third-order valence-corrected chi connectivity index (χ3v) is 4.27. The van der Waals surface area contributed by atoms with Gasteiger partial charge < -0.3 is 9.47 Å². The molecule has 0 amide bonds. The van der Waals surface area contributed by atoms with E-state index in [2.05, 4.69) is 28.8 Å². The van der Waals surface area contributed by atoms with Gasteiger partial charge in [0.25, 0.3) is 0 Å². The van der Waals surface area contributed by atoms with E-state index in [0.717, 1.165) is 12.8 Å². The molecule has 1 heterocycles. The summed E-state index contributed by atoms with van der Waals surface area (Å²) < 4.78 is 10.4. The van der Waals surface area contributed by atoms with Gasteiger partial charge in [-0.25, -0.2) is 4.79 Å². The minimum Gasteiger partial charge on any atom is -0.492 e. The Morgan fingerprint density at radius 3 is 2.59 bits per heavy atom. The maximum absolute atomic E-state index is 11.5. The summed E-state index contributed by atoms with van der Waals surface area (Å²) in [6.07, 6.45) is 1.90. The maximum atomic E-state index is 11.5. The van der Waals surface area contributed by atoms with Crippen LogP contribution in [0.3, 0.4) is 0 Å². The minimum absolute atomic E-state index is 0.279.